The molecule has 1 heteroatoms. The van der Waals surface area contributed by atoms with Gasteiger partial charge in [-0.05, 0) is 52.2 Å². The minimum absolute atomic E-state index is 0.557. The number of allylic oxidation sites excluding steroid dienone is 1. The minimum atomic E-state index is 0.557. The van der Waals surface area contributed by atoms with Crippen molar-refractivity contribution in [2.45, 2.75) is 65.7 Å². The average Bonchev–Trinajstić information content (AvgIpc) is 2.37. The van der Waals surface area contributed by atoms with E-state index in [1.54, 1.807) is 0 Å². The molecule has 0 unspecified atom stereocenters. The van der Waals surface area contributed by atoms with Crippen molar-refractivity contribution in [3.63, 3.8) is 0 Å². The van der Waals surface area contributed by atoms with Crippen molar-refractivity contribution in [3.8, 4) is 0 Å². The molecular weight excluding hydrogens is 260 g/mol. The smallest absolute Gasteiger partial charge is 0.00632 e. The third-order valence-corrected chi connectivity index (χ3v) is 4.02. The molecule has 0 bridgehead atoms. The van der Waals surface area contributed by atoms with Gasteiger partial charge in [-0.25, -0.2) is 0 Å². The van der Waals surface area contributed by atoms with Gasteiger partial charge in [0.15, 0.2) is 0 Å². The van der Waals surface area contributed by atoms with E-state index in [0.717, 1.165) is 12.2 Å². The molecule has 20 heavy (non-hydrogen) atoms. The van der Waals surface area contributed by atoms with Gasteiger partial charge in [0.05, 0.1) is 0 Å². The second-order valence-electron chi connectivity index (χ2n) is 6.49. The van der Waals surface area contributed by atoms with E-state index in [1.807, 2.05) is 0 Å². The van der Waals surface area contributed by atoms with Crippen LogP contribution in [-0.2, 0) is 0 Å². The molecule has 0 spiro atoms. The SMILES string of the molecule is CC(C)c1cc(C(C)C)c(C=CCCS)c(C(C)C)c1. The molecule has 1 aromatic rings. The summed E-state index contributed by atoms with van der Waals surface area (Å²) in [6.07, 6.45) is 5.60. The predicted molar refractivity (Wildman–Crippen MR) is 96.2 cm³/mol. The Kier molecular flexibility index (Phi) is 6.88. The Labute approximate surface area is 131 Å². The van der Waals surface area contributed by atoms with Crippen molar-refractivity contribution in [1.29, 1.82) is 0 Å². The molecule has 0 amide bonds. The molecule has 1 aromatic carbocycles. The van der Waals surface area contributed by atoms with Gasteiger partial charge in [-0.3, -0.25) is 0 Å². The fraction of sp³-hybridized carbons (Fsp3) is 0.579. The number of hydrogen-bond acceptors (Lipinski definition) is 1. The molecule has 0 aliphatic carbocycles. The van der Waals surface area contributed by atoms with Gasteiger partial charge >= 0.3 is 0 Å². The Morgan fingerprint density at radius 2 is 1.40 bits per heavy atom. The Morgan fingerprint density at radius 1 is 0.900 bits per heavy atom. The van der Waals surface area contributed by atoms with Crippen molar-refractivity contribution in [2.75, 3.05) is 5.75 Å². The van der Waals surface area contributed by atoms with E-state index < -0.39 is 0 Å². The molecule has 0 saturated carbocycles. The predicted octanol–water partition coefficient (Wildman–Crippen LogP) is 6.39. The van der Waals surface area contributed by atoms with Gasteiger partial charge in [0.2, 0.25) is 0 Å². The van der Waals surface area contributed by atoms with Crippen molar-refractivity contribution >= 4 is 18.7 Å². The zero-order chi connectivity index (χ0) is 15.3. The number of hydrogen-bond donors (Lipinski definition) is 1. The van der Waals surface area contributed by atoms with Gasteiger partial charge in [0.25, 0.3) is 0 Å². The second kappa shape index (κ2) is 7.93. The minimum Gasteiger partial charge on any atom is -0.179 e. The Morgan fingerprint density at radius 3 is 1.75 bits per heavy atom. The number of rotatable bonds is 6. The summed E-state index contributed by atoms with van der Waals surface area (Å²) in [5.74, 6) is 2.61. The maximum atomic E-state index is 4.29. The zero-order valence-electron chi connectivity index (χ0n) is 13.9. The van der Waals surface area contributed by atoms with Crippen molar-refractivity contribution in [1.82, 2.24) is 0 Å². The molecule has 112 valence electrons. The molecule has 0 radical (unpaired) electrons. The van der Waals surface area contributed by atoms with Crippen LogP contribution in [0.2, 0.25) is 0 Å². The van der Waals surface area contributed by atoms with Crippen LogP contribution in [0.15, 0.2) is 18.2 Å². The van der Waals surface area contributed by atoms with E-state index in [-0.39, 0.29) is 0 Å². The van der Waals surface area contributed by atoms with Crippen molar-refractivity contribution in [2.24, 2.45) is 0 Å². The fourth-order valence-electron chi connectivity index (χ4n) is 2.48. The highest BCUT2D eigenvalue weighted by Gasteiger charge is 2.15. The highest BCUT2D eigenvalue weighted by molar-refractivity contribution is 7.80. The van der Waals surface area contributed by atoms with Crippen LogP contribution in [0.5, 0.6) is 0 Å². The molecule has 0 aliphatic rings. The zero-order valence-corrected chi connectivity index (χ0v) is 14.8. The van der Waals surface area contributed by atoms with Crippen LogP contribution in [-0.4, -0.2) is 5.75 Å². The summed E-state index contributed by atoms with van der Waals surface area (Å²) in [4.78, 5) is 0. The molecule has 1 rings (SSSR count). The van der Waals surface area contributed by atoms with Crippen LogP contribution in [0.3, 0.4) is 0 Å². The van der Waals surface area contributed by atoms with Crippen LogP contribution in [0.4, 0.5) is 0 Å². The van der Waals surface area contributed by atoms with E-state index in [4.69, 9.17) is 0 Å². The second-order valence-corrected chi connectivity index (χ2v) is 6.94. The molecule has 0 aliphatic heterocycles. The van der Waals surface area contributed by atoms with Crippen LogP contribution < -0.4 is 0 Å². The summed E-state index contributed by atoms with van der Waals surface area (Å²) in [6.45, 7) is 13.7. The third kappa shape index (κ3) is 4.41. The lowest BCUT2D eigenvalue weighted by molar-refractivity contribution is 0.801. The number of benzene rings is 1. The van der Waals surface area contributed by atoms with E-state index >= 15 is 0 Å². The maximum Gasteiger partial charge on any atom is -0.00632 e. The lowest BCUT2D eigenvalue weighted by Crippen LogP contribution is -2.03. The molecule has 0 heterocycles. The first-order chi connectivity index (χ1) is 9.38. The van der Waals surface area contributed by atoms with Crippen LogP contribution in [0.1, 0.15) is 88.0 Å². The van der Waals surface area contributed by atoms with Gasteiger partial charge in [-0.15, -0.1) is 0 Å². The summed E-state index contributed by atoms with van der Waals surface area (Å²) < 4.78 is 0. The maximum absolute atomic E-state index is 4.29. The molecule has 0 atom stereocenters. The molecule has 0 N–H and O–H groups in total. The lowest BCUT2D eigenvalue weighted by atomic mass is 9.84. The Hall–Kier alpha value is -0.690. The highest BCUT2D eigenvalue weighted by atomic mass is 32.1. The first-order valence-electron chi connectivity index (χ1n) is 7.83. The summed E-state index contributed by atoms with van der Waals surface area (Å²) in [7, 11) is 0. The summed E-state index contributed by atoms with van der Waals surface area (Å²) in [6, 6.07) is 4.81. The first-order valence-corrected chi connectivity index (χ1v) is 8.46. The first kappa shape index (κ1) is 17.4. The number of thiol groups is 1. The third-order valence-electron chi connectivity index (χ3n) is 3.76. The quantitative estimate of drug-likeness (QED) is 0.576. The summed E-state index contributed by atoms with van der Waals surface area (Å²) >= 11 is 4.29. The van der Waals surface area contributed by atoms with Crippen LogP contribution in [0.25, 0.3) is 6.08 Å². The molecular formula is C19H30S. The van der Waals surface area contributed by atoms with Crippen molar-refractivity contribution in [3.05, 3.63) is 40.5 Å². The lowest BCUT2D eigenvalue weighted by Gasteiger charge is -2.21. The van der Waals surface area contributed by atoms with E-state index in [9.17, 15) is 0 Å². The van der Waals surface area contributed by atoms with Gasteiger partial charge in [-0.2, -0.15) is 12.6 Å². The average molecular weight is 291 g/mol. The van der Waals surface area contributed by atoms with E-state index in [2.05, 4.69) is 78.5 Å². The highest BCUT2D eigenvalue weighted by Crippen LogP contribution is 2.33. The topological polar surface area (TPSA) is 0 Å². The van der Waals surface area contributed by atoms with Gasteiger partial charge in [0.1, 0.15) is 0 Å². The fourth-order valence-corrected chi connectivity index (χ4v) is 2.63. The van der Waals surface area contributed by atoms with Crippen molar-refractivity contribution < 1.29 is 0 Å². The largest absolute Gasteiger partial charge is 0.179 e. The normalized spacial score (nSPS) is 12.3. The van der Waals surface area contributed by atoms with Gasteiger partial charge < -0.3 is 0 Å². The van der Waals surface area contributed by atoms with Crippen LogP contribution in [0, 0.1) is 0 Å². The molecule has 0 nitrogen and oxygen atoms in total. The van der Waals surface area contributed by atoms with Gasteiger partial charge in [0, 0.05) is 0 Å². The summed E-state index contributed by atoms with van der Waals surface area (Å²) in [5.41, 5.74) is 5.86. The van der Waals surface area contributed by atoms with Crippen LogP contribution >= 0.6 is 12.6 Å². The standard InChI is InChI=1S/C19H30S/c1-13(2)16-11-18(14(3)4)17(9-7-8-10-20)19(12-16)15(5)6/h7,9,11-15,20H,8,10H2,1-6H3. The molecule has 0 aromatic heterocycles. The van der Waals surface area contributed by atoms with Gasteiger partial charge in [-0.1, -0.05) is 65.8 Å². The summed E-state index contributed by atoms with van der Waals surface area (Å²) in [5, 5.41) is 0. The van der Waals surface area contributed by atoms with E-state index in [1.165, 1.54) is 22.3 Å². The van der Waals surface area contributed by atoms with E-state index in [0.29, 0.717) is 17.8 Å². The Bertz CT molecular complexity index is 424. The molecule has 0 saturated heterocycles. The monoisotopic (exact) mass is 290 g/mol. The Balaban J connectivity index is 3.43. The molecule has 0 fully saturated rings.